The number of hydrogen-bond acceptors (Lipinski definition) is 9. The molecule has 0 fully saturated rings. The number of sulfonamides is 1. The number of methoxy groups -OCH3 is 1. The topological polar surface area (TPSA) is 162 Å². The molecule has 0 unspecified atom stereocenters. The molecule has 0 atom stereocenters. The molecule has 12 nitrogen and oxygen atoms in total. The molecule has 3 aromatic heterocycles. The highest BCUT2D eigenvalue weighted by molar-refractivity contribution is 7.93. The number of carbonyl (C=O) groups excluding carboxylic acids is 1. The summed E-state index contributed by atoms with van der Waals surface area (Å²) >= 11 is 5.82. The Morgan fingerprint density at radius 2 is 1.88 bits per heavy atom. The van der Waals surface area contributed by atoms with Crippen LogP contribution in [0.15, 0.2) is 34.4 Å². The standard InChI is InChI=1S/C18H21ClN6O6S2/c1-4-6-11-7-8-13-21-15(32(27,28)5-2)16(25(13)10-11)33(29,30)24-18(26)23-17-20-12(19)9-14(22-17)31-3/h7-10H,4-6H2,1-3H3,(H2,20,22,23,24,26). The molecule has 0 aliphatic carbocycles. The fraction of sp³-hybridized carbons (Fsp3) is 0.333. The van der Waals surface area contributed by atoms with Gasteiger partial charge in [-0.05, 0) is 18.1 Å². The molecule has 33 heavy (non-hydrogen) atoms. The highest BCUT2D eigenvalue weighted by atomic mass is 35.5. The lowest BCUT2D eigenvalue weighted by Gasteiger charge is -2.10. The maximum atomic E-state index is 13.2. The molecule has 3 heterocycles. The largest absolute Gasteiger partial charge is 0.481 e. The molecule has 0 aliphatic rings. The van der Waals surface area contributed by atoms with Crippen LogP contribution in [0.3, 0.4) is 0 Å². The zero-order valence-electron chi connectivity index (χ0n) is 17.9. The fourth-order valence-corrected chi connectivity index (χ4v) is 5.75. The monoisotopic (exact) mass is 516 g/mol. The number of nitrogens with zero attached hydrogens (tertiary/aromatic N) is 4. The number of fused-ring (bicyclic) bond motifs is 1. The smallest absolute Gasteiger partial charge is 0.335 e. The Balaban J connectivity index is 2.05. The highest BCUT2D eigenvalue weighted by Crippen LogP contribution is 2.25. The summed E-state index contributed by atoms with van der Waals surface area (Å²) in [5.41, 5.74) is 0.869. The molecule has 0 aliphatic heterocycles. The van der Waals surface area contributed by atoms with E-state index in [-0.39, 0.29) is 28.4 Å². The molecule has 0 aromatic carbocycles. The van der Waals surface area contributed by atoms with Crippen LogP contribution in [0.1, 0.15) is 25.8 Å². The van der Waals surface area contributed by atoms with Crippen molar-refractivity contribution in [2.75, 3.05) is 18.2 Å². The van der Waals surface area contributed by atoms with E-state index >= 15 is 0 Å². The van der Waals surface area contributed by atoms with E-state index in [1.807, 2.05) is 6.92 Å². The number of carbonyl (C=O) groups is 1. The Labute approximate surface area is 195 Å². The number of sulfone groups is 1. The van der Waals surface area contributed by atoms with Gasteiger partial charge in [-0.25, -0.2) is 27.9 Å². The van der Waals surface area contributed by atoms with E-state index in [0.717, 1.165) is 16.4 Å². The minimum Gasteiger partial charge on any atom is -0.481 e. The quantitative estimate of drug-likeness (QED) is 0.426. The van der Waals surface area contributed by atoms with E-state index in [9.17, 15) is 21.6 Å². The lowest BCUT2D eigenvalue weighted by molar-refractivity contribution is 0.256. The third-order valence-corrected chi connectivity index (χ3v) is 7.72. The van der Waals surface area contributed by atoms with Crippen molar-refractivity contribution in [1.82, 2.24) is 24.1 Å². The zero-order chi connectivity index (χ0) is 24.4. The number of ether oxygens (including phenoxy) is 1. The lowest BCUT2D eigenvalue weighted by Crippen LogP contribution is -2.36. The van der Waals surface area contributed by atoms with Gasteiger partial charge in [0.15, 0.2) is 19.9 Å². The average Bonchev–Trinajstić information content (AvgIpc) is 3.13. The Morgan fingerprint density at radius 3 is 2.52 bits per heavy atom. The number of nitrogens with one attached hydrogen (secondary N) is 2. The van der Waals surface area contributed by atoms with Gasteiger partial charge in [0.25, 0.3) is 10.0 Å². The van der Waals surface area contributed by atoms with Gasteiger partial charge < -0.3 is 4.74 Å². The fourth-order valence-electron chi connectivity index (χ4n) is 2.92. The second-order valence-electron chi connectivity index (χ2n) is 6.76. The van der Waals surface area contributed by atoms with E-state index in [4.69, 9.17) is 16.3 Å². The van der Waals surface area contributed by atoms with E-state index in [1.165, 1.54) is 32.4 Å². The van der Waals surface area contributed by atoms with Crippen molar-refractivity contribution in [1.29, 1.82) is 0 Å². The van der Waals surface area contributed by atoms with Gasteiger partial charge in [0.05, 0.1) is 12.9 Å². The minimum absolute atomic E-state index is 0.0368. The first-order valence-electron chi connectivity index (χ1n) is 9.66. The molecule has 15 heteroatoms. The van der Waals surface area contributed by atoms with E-state index < -0.39 is 35.9 Å². The Hall–Kier alpha value is -2.97. The van der Waals surface area contributed by atoms with Crippen molar-refractivity contribution in [3.8, 4) is 5.88 Å². The molecule has 2 amide bonds. The zero-order valence-corrected chi connectivity index (χ0v) is 20.3. The van der Waals surface area contributed by atoms with Crippen LogP contribution in [-0.4, -0.2) is 55.1 Å². The van der Waals surface area contributed by atoms with Crippen LogP contribution < -0.4 is 14.8 Å². The number of anilines is 1. The summed E-state index contributed by atoms with van der Waals surface area (Å²) in [5, 5.41) is 0.756. The van der Waals surface area contributed by atoms with E-state index in [0.29, 0.717) is 6.42 Å². The van der Waals surface area contributed by atoms with Crippen LogP contribution >= 0.6 is 11.6 Å². The van der Waals surface area contributed by atoms with Gasteiger partial charge in [-0.1, -0.05) is 37.9 Å². The van der Waals surface area contributed by atoms with Gasteiger partial charge in [0, 0.05) is 12.3 Å². The van der Waals surface area contributed by atoms with Gasteiger partial charge in [0.1, 0.15) is 10.8 Å². The molecule has 0 spiro atoms. The summed E-state index contributed by atoms with van der Waals surface area (Å²) in [6.07, 6.45) is 2.90. The predicted octanol–water partition coefficient (Wildman–Crippen LogP) is 2.04. The number of pyridine rings is 1. The normalized spacial score (nSPS) is 12.0. The third kappa shape index (κ3) is 5.34. The van der Waals surface area contributed by atoms with E-state index in [2.05, 4.69) is 20.3 Å². The molecule has 0 bridgehead atoms. The van der Waals surface area contributed by atoms with Crippen LogP contribution in [0.2, 0.25) is 5.15 Å². The molecule has 0 saturated carbocycles. The van der Waals surface area contributed by atoms with Crippen LogP contribution in [0.4, 0.5) is 10.7 Å². The number of hydrogen-bond donors (Lipinski definition) is 2. The highest BCUT2D eigenvalue weighted by Gasteiger charge is 2.33. The van der Waals surface area contributed by atoms with Gasteiger partial charge >= 0.3 is 6.03 Å². The maximum absolute atomic E-state index is 13.2. The van der Waals surface area contributed by atoms with Crippen molar-refractivity contribution in [3.63, 3.8) is 0 Å². The first kappa shape index (κ1) is 24.7. The van der Waals surface area contributed by atoms with Gasteiger partial charge in [-0.3, -0.25) is 9.72 Å². The summed E-state index contributed by atoms with van der Waals surface area (Å²) in [6, 6.07) is 3.30. The lowest BCUT2D eigenvalue weighted by atomic mass is 10.2. The second-order valence-corrected chi connectivity index (χ2v) is 10.9. The van der Waals surface area contributed by atoms with Crippen molar-refractivity contribution in [2.24, 2.45) is 0 Å². The second kappa shape index (κ2) is 9.49. The molecule has 3 rings (SSSR count). The SMILES string of the molecule is CCCc1ccc2nc(S(=O)(=O)CC)c(S(=O)(=O)NC(=O)Nc3nc(Cl)cc(OC)n3)n2c1. The first-order chi connectivity index (χ1) is 15.5. The molecule has 178 valence electrons. The number of aryl methyl sites for hydroxylation is 1. The summed E-state index contributed by atoms with van der Waals surface area (Å²) in [4.78, 5) is 24.0. The van der Waals surface area contributed by atoms with Gasteiger partial charge in [0.2, 0.25) is 11.8 Å². The molecule has 2 N–H and O–H groups in total. The van der Waals surface area contributed by atoms with Crippen molar-refractivity contribution in [3.05, 3.63) is 35.1 Å². The predicted molar refractivity (Wildman–Crippen MR) is 120 cm³/mol. The Kier molecular flexibility index (Phi) is 7.09. The van der Waals surface area contributed by atoms with Crippen LogP contribution in [0, 0.1) is 0 Å². The number of aromatic nitrogens is 4. The van der Waals surface area contributed by atoms with Crippen LogP contribution in [0.5, 0.6) is 5.88 Å². The molecular weight excluding hydrogens is 496 g/mol. The minimum atomic E-state index is -4.70. The number of halogens is 1. The summed E-state index contributed by atoms with van der Waals surface area (Å²) < 4.78 is 59.4. The van der Waals surface area contributed by atoms with E-state index in [1.54, 1.807) is 10.8 Å². The number of urea groups is 1. The van der Waals surface area contributed by atoms with Crippen molar-refractivity contribution < 1.29 is 26.4 Å². The van der Waals surface area contributed by atoms with Crippen LogP contribution in [0.25, 0.3) is 5.65 Å². The van der Waals surface area contributed by atoms with Gasteiger partial charge in [-0.15, -0.1) is 0 Å². The Morgan fingerprint density at radius 1 is 1.15 bits per heavy atom. The number of rotatable bonds is 8. The summed E-state index contributed by atoms with van der Waals surface area (Å²) in [7, 11) is -7.43. The number of amides is 2. The Bertz CT molecular complexity index is 1420. The summed E-state index contributed by atoms with van der Waals surface area (Å²) in [5.74, 6) is -0.671. The molecule has 0 radical (unpaired) electrons. The molecular formula is C18H21ClN6O6S2. The molecule has 0 saturated heterocycles. The summed E-state index contributed by atoms with van der Waals surface area (Å²) in [6.45, 7) is 3.31. The maximum Gasteiger partial charge on any atom is 0.335 e. The first-order valence-corrected chi connectivity index (χ1v) is 13.2. The number of imidazole rings is 1. The van der Waals surface area contributed by atoms with Gasteiger partial charge in [-0.2, -0.15) is 13.4 Å². The third-order valence-electron chi connectivity index (χ3n) is 4.41. The molecule has 3 aromatic rings. The van der Waals surface area contributed by atoms with Crippen LogP contribution in [-0.2, 0) is 26.3 Å². The van der Waals surface area contributed by atoms with Crippen molar-refractivity contribution >= 4 is 49.1 Å². The van der Waals surface area contributed by atoms with Crippen molar-refractivity contribution in [2.45, 2.75) is 36.7 Å². The average molecular weight is 517 g/mol.